The number of hydrogen-bond donors (Lipinski definition) is 3. The number of rotatable bonds is 6. The Balaban J connectivity index is 1.02. The van der Waals surface area contributed by atoms with Crippen molar-refractivity contribution in [1.29, 1.82) is 0 Å². The number of hydrogen-bond acceptors (Lipinski definition) is 7. The summed E-state index contributed by atoms with van der Waals surface area (Å²) < 4.78 is 0. The maximum atomic E-state index is 14.1. The molecule has 252 valence electrons. The number of aromatic nitrogens is 3. The number of aromatic amines is 2. The lowest BCUT2D eigenvalue weighted by Crippen LogP contribution is -2.59. The van der Waals surface area contributed by atoms with Gasteiger partial charge in [0.05, 0.1) is 11.7 Å². The molecule has 47 heavy (non-hydrogen) atoms. The van der Waals surface area contributed by atoms with Crippen molar-refractivity contribution in [2.45, 2.75) is 69.2 Å². The van der Waals surface area contributed by atoms with Gasteiger partial charge in [-0.25, -0.2) is 4.79 Å². The number of carbonyl (C=O) groups is 2. The van der Waals surface area contributed by atoms with E-state index in [-0.39, 0.29) is 23.4 Å². The lowest BCUT2D eigenvalue weighted by atomic mass is 9.89. The Bertz CT molecular complexity index is 1650. The van der Waals surface area contributed by atoms with Crippen LogP contribution in [-0.4, -0.2) is 124 Å². The number of carbonyl (C=O) groups excluding carboxylic acids is 2. The van der Waals surface area contributed by atoms with Gasteiger partial charge < -0.3 is 25.0 Å². The topological polar surface area (TPSA) is 121 Å². The number of pyridine rings is 1. The molecule has 3 amide bonds. The van der Waals surface area contributed by atoms with E-state index >= 15 is 0 Å². The SMILES string of the molecule is Cc1cc(C[C@@H](NC(=O)N2CCC(c3cc4c([nH]c3=O)CCSC4)CC2)C(=O)N2CCN(C3CCN(C)CC3)CC2)cc2cn[nH]c12. The van der Waals surface area contributed by atoms with E-state index in [0.29, 0.717) is 38.6 Å². The van der Waals surface area contributed by atoms with Crippen LogP contribution in [0.4, 0.5) is 4.79 Å². The number of fused-ring (bicyclic) bond motifs is 2. The summed E-state index contributed by atoms with van der Waals surface area (Å²) in [6.07, 6.45) is 6.95. The molecular formula is C35H48N8O3S. The summed E-state index contributed by atoms with van der Waals surface area (Å²) in [5.41, 5.74) is 6.25. The first kappa shape index (κ1) is 32.2. The van der Waals surface area contributed by atoms with Crippen molar-refractivity contribution in [3.8, 4) is 0 Å². The van der Waals surface area contributed by atoms with Crippen molar-refractivity contribution in [3.05, 3.63) is 62.7 Å². The number of H-pyrrole nitrogens is 2. The van der Waals surface area contributed by atoms with Crippen molar-refractivity contribution in [3.63, 3.8) is 0 Å². The molecule has 4 aliphatic heterocycles. The fourth-order valence-corrected chi connectivity index (χ4v) is 9.00. The first-order chi connectivity index (χ1) is 22.8. The van der Waals surface area contributed by atoms with E-state index in [4.69, 9.17) is 0 Å². The Labute approximate surface area is 280 Å². The second-order valence-electron chi connectivity index (χ2n) is 14.0. The number of thioether (sulfide) groups is 1. The Kier molecular flexibility index (Phi) is 9.61. The van der Waals surface area contributed by atoms with Crippen LogP contribution >= 0.6 is 11.8 Å². The normalized spacial score (nSPS) is 21.1. The molecule has 0 aliphatic carbocycles. The average Bonchev–Trinajstić information content (AvgIpc) is 3.57. The maximum Gasteiger partial charge on any atom is 0.318 e. The van der Waals surface area contributed by atoms with Crippen LogP contribution in [-0.2, 0) is 23.4 Å². The largest absolute Gasteiger partial charge is 0.338 e. The van der Waals surface area contributed by atoms with Crippen LogP contribution in [0.1, 0.15) is 59.5 Å². The molecule has 0 spiro atoms. The first-order valence-corrected chi connectivity index (χ1v) is 18.5. The van der Waals surface area contributed by atoms with Gasteiger partial charge in [0.2, 0.25) is 5.91 Å². The fraction of sp³-hybridized carbons (Fsp3) is 0.600. The molecule has 3 saturated heterocycles. The minimum atomic E-state index is -0.667. The summed E-state index contributed by atoms with van der Waals surface area (Å²) in [4.78, 5) is 52.7. The van der Waals surface area contributed by atoms with Gasteiger partial charge in [0.15, 0.2) is 0 Å². The molecule has 1 atom stereocenters. The zero-order valence-corrected chi connectivity index (χ0v) is 28.5. The Morgan fingerprint density at radius 1 is 1.00 bits per heavy atom. The van der Waals surface area contributed by atoms with E-state index in [1.165, 1.54) is 18.4 Å². The number of likely N-dealkylation sites (tertiary alicyclic amines) is 2. The van der Waals surface area contributed by atoms with Crippen LogP contribution in [0, 0.1) is 6.92 Å². The average molecular weight is 661 g/mol. The number of aryl methyl sites for hydroxylation is 2. The van der Waals surface area contributed by atoms with Gasteiger partial charge in [-0.2, -0.15) is 16.9 Å². The second kappa shape index (κ2) is 14.0. The predicted molar refractivity (Wildman–Crippen MR) is 186 cm³/mol. The number of nitrogens with one attached hydrogen (secondary N) is 3. The first-order valence-electron chi connectivity index (χ1n) is 17.3. The molecule has 1 aromatic carbocycles. The molecule has 2 aromatic heterocycles. The maximum absolute atomic E-state index is 14.1. The minimum absolute atomic E-state index is 0.0142. The molecule has 12 heteroatoms. The van der Waals surface area contributed by atoms with Crippen LogP contribution in [0.15, 0.2) is 29.2 Å². The molecule has 0 bridgehead atoms. The lowest BCUT2D eigenvalue weighted by molar-refractivity contribution is -0.135. The van der Waals surface area contributed by atoms with Gasteiger partial charge >= 0.3 is 6.03 Å². The number of piperidine rings is 2. The summed E-state index contributed by atoms with van der Waals surface area (Å²) in [6.45, 7) is 8.49. The number of nitrogens with zero attached hydrogens (tertiary/aromatic N) is 5. The molecule has 3 N–H and O–H groups in total. The van der Waals surface area contributed by atoms with E-state index in [1.807, 2.05) is 28.5 Å². The highest BCUT2D eigenvalue weighted by Gasteiger charge is 2.34. The van der Waals surface area contributed by atoms with E-state index in [9.17, 15) is 14.4 Å². The standard InChI is InChI=1S/C35H48N8O3S/c1-23-17-24(18-26-21-36-39-32(23)26)19-31(34(45)42-14-12-41(13-15-42)28-5-8-40(2)9-6-28)38-35(46)43-10-3-25(4-11-43)29-20-27-22-47-16-7-30(27)37-33(29)44/h17-18,20-21,25,28,31H,3-16,19,22H2,1-2H3,(H,36,39)(H,37,44)(H,38,46)/t31-/m1/s1. The molecule has 4 aliphatic rings. The van der Waals surface area contributed by atoms with Gasteiger partial charge in [0.1, 0.15) is 6.04 Å². The molecule has 7 rings (SSSR count). The number of piperazine rings is 1. The van der Waals surface area contributed by atoms with Gasteiger partial charge in [-0.3, -0.25) is 19.6 Å². The van der Waals surface area contributed by atoms with E-state index < -0.39 is 6.04 Å². The summed E-state index contributed by atoms with van der Waals surface area (Å²) in [5, 5.41) is 11.4. The molecule has 3 fully saturated rings. The molecule has 6 heterocycles. The Morgan fingerprint density at radius 3 is 2.53 bits per heavy atom. The van der Waals surface area contributed by atoms with Crippen molar-refractivity contribution in [2.24, 2.45) is 0 Å². The highest BCUT2D eigenvalue weighted by Crippen LogP contribution is 2.30. The second-order valence-corrected chi connectivity index (χ2v) is 15.1. The third-order valence-corrected chi connectivity index (χ3v) is 11.9. The van der Waals surface area contributed by atoms with Gasteiger partial charge in [-0.05, 0) is 99.7 Å². The van der Waals surface area contributed by atoms with Crippen LogP contribution in [0.3, 0.4) is 0 Å². The molecule has 3 aromatic rings. The van der Waals surface area contributed by atoms with Crippen LogP contribution in [0.2, 0.25) is 0 Å². The van der Waals surface area contributed by atoms with E-state index in [0.717, 1.165) is 90.2 Å². The quantitative estimate of drug-likeness (QED) is 0.372. The molecular weight excluding hydrogens is 613 g/mol. The minimum Gasteiger partial charge on any atom is -0.338 e. The monoisotopic (exact) mass is 660 g/mol. The highest BCUT2D eigenvalue weighted by atomic mass is 32.2. The van der Waals surface area contributed by atoms with Gasteiger partial charge in [0, 0.05) is 74.1 Å². The lowest BCUT2D eigenvalue weighted by Gasteiger charge is -2.43. The van der Waals surface area contributed by atoms with Crippen LogP contribution < -0.4 is 10.9 Å². The predicted octanol–water partition coefficient (Wildman–Crippen LogP) is 3.09. The molecule has 0 radical (unpaired) electrons. The zero-order chi connectivity index (χ0) is 32.5. The molecule has 0 saturated carbocycles. The molecule has 0 unspecified atom stereocenters. The summed E-state index contributed by atoms with van der Waals surface area (Å²) in [6, 6.07) is 5.98. The van der Waals surface area contributed by atoms with Gasteiger partial charge in [0.25, 0.3) is 5.56 Å². The van der Waals surface area contributed by atoms with Crippen molar-refractivity contribution in [2.75, 3.05) is 65.2 Å². The third-order valence-electron chi connectivity index (χ3n) is 10.9. The Hall–Kier alpha value is -3.35. The fourth-order valence-electron chi connectivity index (χ4n) is 8.03. The van der Waals surface area contributed by atoms with Crippen LogP contribution in [0.25, 0.3) is 10.9 Å². The number of amides is 3. The number of benzene rings is 1. The van der Waals surface area contributed by atoms with Gasteiger partial charge in [-0.15, -0.1) is 0 Å². The van der Waals surface area contributed by atoms with Crippen LogP contribution in [0.5, 0.6) is 0 Å². The van der Waals surface area contributed by atoms with Gasteiger partial charge in [-0.1, -0.05) is 6.07 Å². The Morgan fingerprint density at radius 2 is 1.77 bits per heavy atom. The molecule has 11 nitrogen and oxygen atoms in total. The summed E-state index contributed by atoms with van der Waals surface area (Å²) in [7, 11) is 2.19. The highest BCUT2D eigenvalue weighted by molar-refractivity contribution is 7.98. The van der Waals surface area contributed by atoms with E-state index in [1.54, 1.807) is 6.20 Å². The third kappa shape index (κ3) is 7.10. The summed E-state index contributed by atoms with van der Waals surface area (Å²) in [5.74, 6) is 2.10. The van der Waals surface area contributed by atoms with Crippen molar-refractivity contribution < 1.29 is 9.59 Å². The van der Waals surface area contributed by atoms with Crippen molar-refractivity contribution in [1.82, 2.24) is 40.1 Å². The summed E-state index contributed by atoms with van der Waals surface area (Å²) >= 11 is 1.91. The zero-order valence-electron chi connectivity index (χ0n) is 27.7. The smallest absolute Gasteiger partial charge is 0.318 e. The number of urea groups is 1. The van der Waals surface area contributed by atoms with Crippen molar-refractivity contribution >= 4 is 34.6 Å². The van der Waals surface area contributed by atoms with E-state index in [2.05, 4.69) is 55.5 Å².